The second kappa shape index (κ2) is 17.7. The van der Waals surface area contributed by atoms with Crippen molar-refractivity contribution in [2.75, 3.05) is 9.80 Å². The van der Waals surface area contributed by atoms with Crippen molar-refractivity contribution in [1.29, 1.82) is 0 Å². The van der Waals surface area contributed by atoms with Crippen molar-refractivity contribution < 1.29 is 0 Å². The number of aryl methyl sites for hydroxylation is 2. The highest BCUT2D eigenvalue weighted by molar-refractivity contribution is 5.89. The average Bonchev–Trinajstić information content (AvgIpc) is 3.78. The molecule has 0 atom stereocenters. The Kier molecular flexibility index (Phi) is 11.0. The average molecular weight is 927 g/mol. The van der Waals surface area contributed by atoms with Crippen molar-refractivity contribution >= 4 is 46.3 Å². The van der Waals surface area contributed by atoms with E-state index in [0.29, 0.717) is 0 Å². The molecule has 348 valence electrons. The molecule has 12 rings (SSSR count). The Hall–Kier alpha value is -8.46. The summed E-state index contributed by atoms with van der Waals surface area (Å²) in [6, 6.07) is 85.1. The molecule has 0 bridgehead atoms. The van der Waals surface area contributed by atoms with Crippen LogP contribution in [0.25, 0.3) is 56.7 Å². The molecule has 0 aromatic heterocycles. The molecule has 2 aliphatic rings. The molecule has 0 fully saturated rings. The van der Waals surface area contributed by atoms with Gasteiger partial charge < -0.3 is 9.80 Å². The van der Waals surface area contributed by atoms with E-state index in [2.05, 4.69) is 294 Å². The number of hydrogen-bond donors (Lipinski definition) is 0. The number of fused-ring (bicyclic) bond motifs is 6. The van der Waals surface area contributed by atoms with Gasteiger partial charge in [-0.15, -0.1) is 0 Å². The van der Waals surface area contributed by atoms with Crippen molar-refractivity contribution in [3.8, 4) is 44.5 Å². The van der Waals surface area contributed by atoms with Crippen LogP contribution in [0.1, 0.15) is 72.2 Å². The number of rotatable bonds is 10. The molecule has 0 amide bonds. The van der Waals surface area contributed by atoms with E-state index in [4.69, 9.17) is 0 Å². The normalized spacial score (nSPS) is 13.6. The van der Waals surface area contributed by atoms with Crippen LogP contribution in [0.2, 0.25) is 0 Å². The molecule has 0 unspecified atom stereocenters. The van der Waals surface area contributed by atoms with Crippen molar-refractivity contribution in [1.82, 2.24) is 0 Å². The molecule has 10 aromatic rings. The van der Waals surface area contributed by atoms with Gasteiger partial charge >= 0.3 is 0 Å². The minimum atomic E-state index is -0.191. The van der Waals surface area contributed by atoms with Crippen molar-refractivity contribution in [3.63, 3.8) is 0 Å². The van der Waals surface area contributed by atoms with E-state index in [9.17, 15) is 0 Å². The van der Waals surface area contributed by atoms with E-state index in [0.717, 1.165) is 34.1 Å². The molecule has 2 nitrogen and oxygen atoms in total. The lowest BCUT2D eigenvalue weighted by atomic mass is 9.81. The third-order valence-corrected chi connectivity index (χ3v) is 15.4. The van der Waals surface area contributed by atoms with E-state index in [1.807, 2.05) is 0 Å². The van der Waals surface area contributed by atoms with Crippen LogP contribution in [0.4, 0.5) is 34.1 Å². The zero-order valence-electron chi connectivity index (χ0n) is 42.0. The molecule has 2 aliphatic carbocycles. The minimum Gasteiger partial charge on any atom is -0.310 e. The second-order valence-corrected chi connectivity index (χ2v) is 20.8. The smallest absolute Gasteiger partial charge is 0.0465 e. The van der Waals surface area contributed by atoms with Crippen molar-refractivity contribution in [2.24, 2.45) is 0 Å². The lowest BCUT2D eigenvalue weighted by molar-refractivity contribution is 0.660. The zero-order valence-corrected chi connectivity index (χ0v) is 42.0. The van der Waals surface area contributed by atoms with Crippen LogP contribution >= 0.6 is 0 Å². The molecular weight excluding hydrogens is 869 g/mol. The number of nitrogens with zero attached hydrogens (tertiary/aromatic N) is 2. The van der Waals surface area contributed by atoms with Gasteiger partial charge in [0, 0.05) is 45.0 Å². The van der Waals surface area contributed by atoms with Crippen LogP contribution in [0.3, 0.4) is 0 Å². The van der Waals surface area contributed by atoms with E-state index in [1.54, 1.807) is 0 Å². The summed E-state index contributed by atoms with van der Waals surface area (Å²) >= 11 is 0. The van der Waals surface area contributed by atoms with E-state index in [1.165, 1.54) is 89.0 Å². The predicted molar refractivity (Wildman–Crippen MR) is 307 cm³/mol. The molecule has 0 radical (unpaired) electrons. The number of benzene rings is 10. The van der Waals surface area contributed by atoms with E-state index < -0.39 is 0 Å². The molecule has 0 saturated heterocycles. The van der Waals surface area contributed by atoms with Gasteiger partial charge in [-0.05, 0) is 165 Å². The predicted octanol–water partition coefficient (Wildman–Crippen LogP) is 19.4. The highest BCUT2D eigenvalue weighted by Crippen LogP contribution is 2.53. The minimum absolute atomic E-state index is 0.191. The summed E-state index contributed by atoms with van der Waals surface area (Å²) < 4.78 is 0. The first-order valence-electron chi connectivity index (χ1n) is 25.3. The number of hydrogen-bond acceptors (Lipinski definition) is 2. The van der Waals surface area contributed by atoms with Gasteiger partial charge in [0.05, 0.1) is 0 Å². The maximum atomic E-state index is 2.42. The van der Waals surface area contributed by atoms with Crippen LogP contribution in [-0.2, 0) is 10.8 Å². The topological polar surface area (TPSA) is 6.48 Å². The third kappa shape index (κ3) is 7.94. The third-order valence-electron chi connectivity index (χ3n) is 15.4. The van der Waals surface area contributed by atoms with Gasteiger partial charge in [0.25, 0.3) is 0 Å². The van der Waals surface area contributed by atoms with E-state index in [-0.39, 0.29) is 10.8 Å². The van der Waals surface area contributed by atoms with Crippen LogP contribution in [0, 0.1) is 13.8 Å². The van der Waals surface area contributed by atoms with E-state index >= 15 is 0 Å². The summed E-state index contributed by atoms with van der Waals surface area (Å²) in [6.07, 6.45) is 4.58. The first-order valence-corrected chi connectivity index (χ1v) is 25.3. The van der Waals surface area contributed by atoms with Gasteiger partial charge in [0.15, 0.2) is 0 Å². The Morgan fingerprint density at radius 2 is 0.556 bits per heavy atom. The lowest BCUT2D eigenvalue weighted by Gasteiger charge is -2.28. The molecular formula is C70H58N2. The fourth-order valence-corrected chi connectivity index (χ4v) is 11.3. The van der Waals surface area contributed by atoms with Gasteiger partial charge in [-0.1, -0.05) is 209 Å². The maximum absolute atomic E-state index is 2.42. The molecule has 0 heterocycles. The number of anilines is 6. The summed E-state index contributed by atoms with van der Waals surface area (Å²) in [5.41, 5.74) is 26.9. The summed E-state index contributed by atoms with van der Waals surface area (Å²) in [5, 5.41) is 0. The standard InChI is InChI=1S/C70H58N2/c1-47-17-29-55(30-18-47)71(57-33-25-53(26-34-57)51-13-9-7-10-14-51)59-37-41-63-61-39-23-49(43-65(61)69(3,4)67(63)45-59)21-22-50-24-40-62-64-42-38-60(46-68(64)70(5,6)66(62)44-50)72(56-31-19-48(2)20-32-56)58-35-27-54(28-36-58)52-15-11-8-12-16-52/h7-46H,1-6H3/b22-21+. The molecule has 72 heavy (non-hydrogen) atoms. The lowest BCUT2D eigenvalue weighted by Crippen LogP contribution is -2.16. The first-order chi connectivity index (χ1) is 35.0. The molecule has 10 aromatic carbocycles. The first kappa shape index (κ1) is 44.7. The van der Waals surface area contributed by atoms with Gasteiger partial charge in [-0.25, -0.2) is 0 Å². The molecule has 0 saturated carbocycles. The Morgan fingerprint density at radius 3 is 0.903 bits per heavy atom. The van der Waals surface area contributed by atoms with Gasteiger partial charge in [-0.3, -0.25) is 0 Å². The van der Waals surface area contributed by atoms with Crippen molar-refractivity contribution in [2.45, 2.75) is 52.4 Å². The fraction of sp³-hybridized carbons (Fsp3) is 0.114. The monoisotopic (exact) mass is 926 g/mol. The molecule has 2 heteroatoms. The van der Waals surface area contributed by atoms with Gasteiger partial charge in [-0.2, -0.15) is 0 Å². The van der Waals surface area contributed by atoms with Crippen LogP contribution < -0.4 is 9.80 Å². The highest BCUT2D eigenvalue weighted by atomic mass is 15.1. The van der Waals surface area contributed by atoms with Crippen LogP contribution in [0.5, 0.6) is 0 Å². The maximum Gasteiger partial charge on any atom is 0.0465 e. The Morgan fingerprint density at radius 1 is 0.278 bits per heavy atom. The Bertz CT molecular complexity index is 3410. The highest BCUT2D eigenvalue weighted by Gasteiger charge is 2.38. The largest absolute Gasteiger partial charge is 0.310 e. The van der Waals surface area contributed by atoms with Gasteiger partial charge in [0.1, 0.15) is 0 Å². The summed E-state index contributed by atoms with van der Waals surface area (Å²) in [6.45, 7) is 13.8. The SMILES string of the molecule is Cc1ccc(N(c2ccc(-c3ccccc3)cc2)c2ccc3c(c2)C(C)(C)c2cc(/C=C/c4ccc5c(c4)C(C)(C)c4cc(N(c6ccc(C)cc6)c6ccc(-c7ccccc7)cc6)ccc4-5)ccc2-3)cc1. The van der Waals surface area contributed by atoms with Crippen LogP contribution in [0.15, 0.2) is 231 Å². The quantitative estimate of drug-likeness (QED) is 0.126. The van der Waals surface area contributed by atoms with Crippen LogP contribution in [-0.4, -0.2) is 0 Å². The summed E-state index contributed by atoms with van der Waals surface area (Å²) in [5.74, 6) is 0. The Balaban J connectivity index is 0.821. The summed E-state index contributed by atoms with van der Waals surface area (Å²) in [7, 11) is 0. The molecule has 0 N–H and O–H groups in total. The zero-order chi connectivity index (χ0) is 49.1. The molecule has 0 spiro atoms. The second-order valence-electron chi connectivity index (χ2n) is 20.8. The Labute approximate surface area is 425 Å². The van der Waals surface area contributed by atoms with Gasteiger partial charge in [0.2, 0.25) is 0 Å². The van der Waals surface area contributed by atoms with Crippen molar-refractivity contribution in [3.05, 3.63) is 275 Å². The molecule has 0 aliphatic heterocycles. The fourth-order valence-electron chi connectivity index (χ4n) is 11.3. The summed E-state index contributed by atoms with van der Waals surface area (Å²) in [4.78, 5) is 4.78.